The highest BCUT2D eigenvalue weighted by Gasteiger charge is 2.03. The van der Waals surface area contributed by atoms with Gasteiger partial charge in [0.2, 0.25) is 5.91 Å². The first-order valence-electron chi connectivity index (χ1n) is 2.27. The smallest absolute Gasteiger partial charge is 0.246 e. The summed E-state index contributed by atoms with van der Waals surface area (Å²) < 4.78 is 2.50. The van der Waals surface area contributed by atoms with Crippen LogP contribution in [-0.4, -0.2) is 18.2 Å². The van der Waals surface area contributed by atoms with E-state index < -0.39 is 6.04 Å². The minimum atomic E-state index is -0.401. The number of hydrogen-bond donors (Lipinski definition) is 2. The second-order valence-electron chi connectivity index (χ2n) is 1.46. The van der Waals surface area contributed by atoms with Crippen LogP contribution >= 0.6 is 11.9 Å². The largest absolute Gasteiger partial charge is 0.320 e. The molecule has 0 aliphatic carbocycles. The Morgan fingerprint density at radius 3 is 2.50 bits per heavy atom. The van der Waals surface area contributed by atoms with Crippen LogP contribution < -0.4 is 10.5 Å². The Morgan fingerprint density at radius 2 is 2.38 bits per heavy atom. The first-order chi connectivity index (χ1) is 3.68. The normalized spacial score (nSPS) is 12.9. The molecule has 0 radical (unpaired) electrons. The van der Waals surface area contributed by atoms with E-state index in [9.17, 15) is 4.79 Å². The van der Waals surface area contributed by atoms with Gasteiger partial charge in [0.05, 0.1) is 6.04 Å². The van der Waals surface area contributed by atoms with Crippen molar-refractivity contribution in [1.82, 2.24) is 4.72 Å². The maximum atomic E-state index is 10.5. The third-order valence-corrected chi connectivity index (χ3v) is 1.02. The summed E-state index contributed by atoms with van der Waals surface area (Å²) >= 11 is 1.26. The van der Waals surface area contributed by atoms with Crippen molar-refractivity contribution >= 4 is 17.9 Å². The van der Waals surface area contributed by atoms with Gasteiger partial charge < -0.3 is 5.73 Å². The molecule has 0 aromatic rings. The summed E-state index contributed by atoms with van der Waals surface area (Å²) in [6.07, 6.45) is 1.78. The van der Waals surface area contributed by atoms with Gasteiger partial charge in [-0.15, -0.1) is 0 Å². The summed E-state index contributed by atoms with van der Waals surface area (Å²) in [7, 11) is 0. The van der Waals surface area contributed by atoms with Crippen LogP contribution in [0.3, 0.4) is 0 Å². The van der Waals surface area contributed by atoms with E-state index in [0.717, 1.165) is 0 Å². The van der Waals surface area contributed by atoms with Crippen molar-refractivity contribution in [2.45, 2.75) is 13.0 Å². The van der Waals surface area contributed by atoms with Crippen LogP contribution in [0.4, 0.5) is 0 Å². The summed E-state index contributed by atoms with van der Waals surface area (Å²) in [5.41, 5.74) is 5.20. The molecule has 0 aliphatic rings. The molecule has 0 aliphatic heterocycles. The van der Waals surface area contributed by atoms with E-state index in [1.54, 1.807) is 13.2 Å². The monoisotopic (exact) mass is 134 g/mol. The van der Waals surface area contributed by atoms with Crippen LogP contribution in [0.5, 0.6) is 0 Å². The first kappa shape index (κ1) is 7.78. The van der Waals surface area contributed by atoms with Crippen LogP contribution in [0.25, 0.3) is 0 Å². The molecule has 3 nitrogen and oxygen atoms in total. The third kappa shape index (κ3) is 2.87. The van der Waals surface area contributed by atoms with Crippen LogP contribution in [0.1, 0.15) is 6.92 Å². The van der Waals surface area contributed by atoms with E-state index in [-0.39, 0.29) is 5.91 Å². The van der Waals surface area contributed by atoms with Gasteiger partial charge in [-0.2, -0.15) is 0 Å². The fourth-order valence-electron chi connectivity index (χ4n) is 0.194. The fraction of sp³-hybridized carbons (Fsp3) is 0.750. The van der Waals surface area contributed by atoms with E-state index in [0.29, 0.717) is 0 Å². The van der Waals surface area contributed by atoms with Crippen LogP contribution in [0.15, 0.2) is 0 Å². The average Bonchev–Trinajstić information content (AvgIpc) is 1.67. The SMILES string of the molecule is CSNC(=O)[C@H](C)N. The highest BCUT2D eigenvalue weighted by molar-refractivity contribution is 7.97. The number of nitrogens with two attached hydrogens (primary N) is 1. The van der Waals surface area contributed by atoms with Crippen molar-refractivity contribution in [3.05, 3.63) is 0 Å². The van der Waals surface area contributed by atoms with Crippen molar-refractivity contribution in [3.63, 3.8) is 0 Å². The summed E-state index contributed by atoms with van der Waals surface area (Å²) in [5, 5.41) is 0. The summed E-state index contributed by atoms with van der Waals surface area (Å²) in [4.78, 5) is 10.5. The number of nitrogens with one attached hydrogen (secondary N) is 1. The van der Waals surface area contributed by atoms with E-state index in [1.807, 2.05) is 0 Å². The lowest BCUT2D eigenvalue weighted by molar-refractivity contribution is -0.120. The molecule has 0 rings (SSSR count). The summed E-state index contributed by atoms with van der Waals surface area (Å²) in [5.74, 6) is -0.127. The van der Waals surface area contributed by atoms with Crippen molar-refractivity contribution in [2.75, 3.05) is 6.26 Å². The van der Waals surface area contributed by atoms with Gasteiger partial charge in [0.15, 0.2) is 0 Å². The molecule has 0 saturated carbocycles. The maximum absolute atomic E-state index is 10.5. The van der Waals surface area contributed by atoms with Gasteiger partial charge in [0.1, 0.15) is 0 Å². The number of amides is 1. The first-order valence-corrected chi connectivity index (χ1v) is 3.49. The number of rotatable bonds is 2. The standard InChI is InChI=1S/C4H10N2OS/c1-3(5)4(7)6-8-2/h3H,5H2,1-2H3,(H,6,7)/t3-/m0/s1. The van der Waals surface area contributed by atoms with Crippen LogP contribution in [0, 0.1) is 0 Å². The van der Waals surface area contributed by atoms with Crippen molar-refractivity contribution in [1.29, 1.82) is 0 Å². The molecule has 0 saturated heterocycles. The van der Waals surface area contributed by atoms with Crippen molar-refractivity contribution < 1.29 is 4.79 Å². The molecule has 3 N–H and O–H groups in total. The number of hydrogen-bond acceptors (Lipinski definition) is 3. The lowest BCUT2D eigenvalue weighted by Crippen LogP contribution is -2.34. The van der Waals surface area contributed by atoms with Crippen LogP contribution in [0.2, 0.25) is 0 Å². The van der Waals surface area contributed by atoms with Gasteiger partial charge in [-0.05, 0) is 6.92 Å². The molecular formula is C4H10N2OS. The highest BCUT2D eigenvalue weighted by atomic mass is 32.2. The predicted octanol–water partition coefficient (Wildman–Crippen LogP) is -0.272. The van der Waals surface area contributed by atoms with Gasteiger partial charge >= 0.3 is 0 Å². The molecular weight excluding hydrogens is 124 g/mol. The Kier molecular flexibility index (Phi) is 3.64. The Labute approximate surface area is 53.1 Å². The Hall–Kier alpha value is -0.220. The molecule has 0 aromatic heterocycles. The lowest BCUT2D eigenvalue weighted by Gasteiger charge is -2.01. The third-order valence-electron chi connectivity index (χ3n) is 0.616. The van der Waals surface area contributed by atoms with Gasteiger partial charge in [0, 0.05) is 6.26 Å². The Morgan fingerprint density at radius 1 is 1.88 bits per heavy atom. The second-order valence-corrected chi connectivity index (χ2v) is 2.07. The molecule has 0 unspecified atom stereocenters. The molecule has 0 bridgehead atoms. The number of carbonyl (C=O) groups excluding carboxylic acids is 1. The summed E-state index contributed by atoms with van der Waals surface area (Å²) in [6, 6.07) is -0.401. The number of carbonyl (C=O) groups is 1. The van der Waals surface area contributed by atoms with E-state index >= 15 is 0 Å². The maximum Gasteiger partial charge on any atom is 0.246 e. The quantitative estimate of drug-likeness (QED) is 0.511. The molecule has 1 amide bonds. The molecule has 0 aromatic carbocycles. The zero-order chi connectivity index (χ0) is 6.57. The van der Waals surface area contributed by atoms with E-state index in [1.165, 1.54) is 11.9 Å². The molecule has 1 atom stereocenters. The zero-order valence-corrected chi connectivity index (χ0v) is 5.79. The Bertz CT molecular complexity index is 84.1. The van der Waals surface area contributed by atoms with Gasteiger partial charge in [-0.1, -0.05) is 11.9 Å². The summed E-state index contributed by atoms with van der Waals surface area (Å²) in [6.45, 7) is 1.64. The second kappa shape index (κ2) is 3.74. The van der Waals surface area contributed by atoms with Crippen molar-refractivity contribution in [3.8, 4) is 0 Å². The van der Waals surface area contributed by atoms with Gasteiger partial charge in [-0.25, -0.2) is 0 Å². The topological polar surface area (TPSA) is 55.1 Å². The van der Waals surface area contributed by atoms with E-state index in [2.05, 4.69) is 4.72 Å². The molecule has 8 heavy (non-hydrogen) atoms. The highest BCUT2D eigenvalue weighted by Crippen LogP contribution is 1.83. The molecule has 0 fully saturated rings. The predicted molar refractivity (Wildman–Crippen MR) is 35.3 cm³/mol. The lowest BCUT2D eigenvalue weighted by atomic mass is 10.4. The van der Waals surface area contributed by atoms with Gasteiger partial charge in [-0.3, -0.25) is 9.52 Å². The minimum absolute atomic E-state index is 0.127. The van der Waals surface area contributed by atoms with Crippen molar-refractivity contribution in [2.24, 2.45) is 5.73 Å². The van der Waals surface area contributed by atoms with E-state index in [4.69, 9.17) is 5.73 Å². The molecule has 4 heteroatoms. The molecule has 0 heterocycles. The molecule has 0 spiro atoms. The fourth-order valence-corrected chi connectivity index (χ4v) is 0.581. The average molecular weight is 134 g/mol. The minimum Gasteiger partial charge on any atom is -0.320 e. The Balaban J connectivity index is 3.33. The molecule has 48 valence electrons. The van der Waals surface area contributed by atoms with Crippen LogP contribution in [-0.2, 0) is 4.79 Å². The zero-order valence-electron chi connectivity index (χ0n) is 4.97. The van der Waals surface area contributed by atoms with Gasteiger partial charge in [0.25, 0.3) is 0 Å².